The smallest absolute Gasteiger partial charge is 0.129 e. The van der Waals surface area contributed by atoms with Gasteiger partial charge in [-0.05, 0) is 54.2 Å². The summed E-state index contributed by atoms with van der Waals surface area (Å²) in [7, 11) is 0. The Morgan fingerprint density at radius 2 is 2.27 bits per heavy atom. The molecule has 2 atom stereocenters. The standard InChI is InChI=1S/C12H17BrN2/c1-3-11-6-4-9(2)15(11)12-7-5-10(13)8-14-12/h5,7-9,11H,3-4,6H2,1-2H3/t9-,11-/m1/s1. The van der Waals surface area contributed by atoms with Gasteiger partial charge in [-0.1, -0.05) is 6.92 Å². The molecule has 0 saturated carbocycles. The summed E-state index contributed by atoms with van der Waals surface area (Å²) in [5.41, 5.74) is 0. The van der Waals surface area contributed by atoms with E-state index in [1.165, 1.54) is 19.3 Å². The monoisotopic (exact) mass is 268 g/mol. The highest BCUT2D eigenvalue weighted by molar-refractivity contribution is 9.10. The molecule has 1 aromatic rings. The molecule has 1 fully saturated rings. The van der Waals surface area contributed by atoms with Gasteiger partial charge in [0.05, 0.1) is 0 Å². The van der Waals surface area contributed by atoms with E-state index < -0.39 is 0 Å². The van der Waals surface area contributed by atoms with Crippen molar-refractivity contribution in [2.24, 2.45) is 0 Å². The fourth-order valence-electron chi connectivity index (χ4n) is 2.41. The molecule has 15 heavy (non-hydrogen) atoms. The van der Waals surface area contributed by atoms with Crippen LogP contribution < -0.4 is 4.90 Å². The lowest BCUT2D eigenvalue weighted by molar-refractivity contribution is 0.621. The highest BCUT2D eigenvalue weighted by atomic mass is 79.9. The Balaban J connectivity index is 2.24. The first-order valence-electron chi connectivity index (χ1n) is 5.62. The van der Waals surface area contributed by atoms with Crippen LogP contribution in [0.25, 0.3) is 0 Å². The molecule has 1 aliphatic heterocycles. The molecule has 0 N–H and O–H groups in total. The van der Waals surface area contributed by atoms with Crippen molar-refractivity contribution in [3.8, 4) is 0 Å². The van der Waals surface area contributed by atoms with Gasteiger partial charge in [0.25, 0.3) is 0 Å². The van der Waals surface area contributed by atoms with Gasteiger partial charge in [0, 0.05) is 22.8 Å². The van der Waals surface area contributed by atoms with Gasteiger partial charge in [-0.25, -0.2) is 4.98 Å². The van der Waals surface area contributed by atoms with Crippen molar-refractivity contribution in [1.29, 1.82) is 0 Å². The van der Waals surface area contributed by atoms with Crippen LogP contribution in [0.15, 0.2) is 22.8 Å². The maximum absolute atomic E-state index is 4.49. The molecule has 1 aromatic heterocycles. The molecule has 2 nitrogen and oxygen atoms in total. The van der Waals surface area contributed by atoms with Gasteiger partial charge < -0.3 is 4.90 Å². The Hall–Kier alpha value is -0.570. The van der Waals surface area contributed by atoms with Gasteiger partial charge in [0.2, 0.25) is 0 Å². The van der Waals surface area contributed by atoms with Crippen LogP contribution in [-0.2, 0) is 0 Å². The van der Waals surface area contributed by atoms with E-state index in [0.29, 0.717) is 12.1 Å². The summed E-state index contributed by atoms with van der Waals surface area (Å²) in [6.07, 6.45) is 5.68. The topological polar surface area (TPSA) is 16.1 Å². The van der Waals surface area contributed by atoms with Crippen LogP contribution >= 0.6 is 15.9 Å². The van der Waals surface area contributed by atoms with Crippen LogP contribution in [0.3, 0.4) is 0 Å². The highest BCUT2D eigenvalue weighted by Gasteiger charge is 2.29. The zero-order chi connectivity index (χ0) is 10.8. The molecular weight excluding hydrogens is 252 g/mol. The highest BCUT2D eigenvalue weighted by Crippen LogP contribution is 2.30. The molecule has 0 bridgehead atoms. The van der Waals surface area contributed by atoms with E-state index >= 15 is 0 Å². The Labute approximate surface area is 99.8 Å². The summed E-state index contributed by atoms with van der Waals surface area (Å²) in [6, 6.07) is 5.48. The van der Waals surface area contributed by atoms with Gasteiger partial charge in [-0.15, -0.1) is 0 Å². The summed E-state index contributed by atoms with van der Waals surface area (Å²) in [4.78, 5) is 6.95. The van der Waals surface area contributed by atoms with Gasteiger partial charge in [-0.3, -0.25) is 0 Å². The minimum absolute atomic E-state index is 0.628. The normalized spacial score (nSPS) is 25.9. The first kappa shape index (κ1) is 10.9. The van der Waals surface area contributed by atoms with Crippen LogP contribution in [0, 0.1) is 0 Å². The van der Waals surface area contributed by atoms with Crippen LogP contribution in [-0.4, -0.2) is 17.1 Å². The molecule has 0 aliphatic carbocycles. The lowest BCUT2D eigenvalue weighted by Gasteiger charge is -2.29. The lowest BCUT2D eigenvalue weighted by Crippen LogP contribution is -2.34. The molecule has 2 rings (SSSR count). The number of hydrogen-bond acceptors (Lipinski definition) is 2. The Kier molecular flexibility index (Phi) is 3.29. The predicted octanol–water partition coefficient (Wildman–Crippen LogP) is 3.61. The minimum atomic E-state index is 0.628. The third kappa shape index (κ3) is 2.17. The van der Waals surface area contributed by atoms with Crippen molar-refractivity contribution in [2.75, 3.05) is 4.90 Å². The zero-order valence-electron chi connectivity index (χ0n) is 9.28. The molecule has 3 heteroatoms. The zero-order valence-corrected chi connectivity index (χ0v) is 10.9. The van der Waals surface area contributed by atoms with Gasteiger partial charge in [0.15, 0.2) is 0 Å². The largest absolute Gasteiger partial charge is 0.351 e. The predicted molar refractivity (Wildman–Crippen MR) is 67.2 cm³/mol. The second kappa shape index (κ2) is 4.52. The number of anilines is 1. The van der Waals surface area contributed by atoms with E-state index in [1.807, 2.05) is 6.20 Å². The van der Waals surface area contributed by atoms with E-state index in [9.17, 15) is 0 Å². The molecule has 0 unspecified atom stereocenters. The first-order valence-corrected chi connectivity index (χ1v) is 6.41. The molecule has 1 aliphatic rings. The summed E-state index contributed by atoms with van der Waals surface area (Å²) in [6.45, 7) is 4.55. The van der Waals surface area contributed by atoms with E-state index in [-0.39, 0.29) is 0 Å². The van der Waals surface area contributed by atoms with Crippen molar-refractivity contribution in [3.63, 3.8) is 0 Å². The fraction of sp³-hybridized carbons (Fsp3) is 0.583. The van der Waals surface area contributed by atoms with Crippen molar-refractivity contribution < 1.29 is 0 Å². The second-order valence-electron chi connectivity index (χ2n) is 4.23. The molecule has 0 spiro atoms. The summed E-state index contributed by atoms with van der Waals surface area (Å²) >= 11 is 3.42. The number of hydrogen-bond donors (Lipinski definition) is 0. The van der Waals surface area contributed by atoms with Crippen molar-refractivity contribution in [3.05, 3.63) is 22.8 Å². The molecule has 2 heterocycles. The summed E-state index contributed by atoms with van der Waals surface area (Å²) < 4.78 is 1.05. The lowest BCUT2D eigenvalue weighted by atomic mass is 10.1. The fourth-order valence-corrected chi connectivity index (χ4v) is 2.64. The average Bonchev–Trinajstić information content (AvgIpc) is 2.61. The molecule has 0 amide bonds. The van der Waals surface area contributed by atoms with E-state index in [2.05, 4.69) is 51.8 Å². The number of aromatic nitrogens is 1. The molecule has 0 aromatic carbocycles. The van der Waals surface area contributed by atoms with Gasteiger partial charge >= 0.3 is 0 Å². The summed E-state index contributed by atoms with van der Waals surface area (Å²) in [5.74, 6) is 1.12. The number of rotatable bonds is 2. The number of nitrogens with zero attached hydrogens (tertiary/aromatic N) is 2. The minimum Gasteiger partial charge on any atom is -0.351 e. The Bertz CT molecular complexity index is 323. The molecule has 1 saturated heterocycles. The molecule has 82 valence electrons. The van der Waals surface area contributed by atoms with Crippen LogP contribution in [0.2, 0.25) is 0 Å². The van der Waals surface area contributed by atoms with Crippen LogP contribution in [0.4, 0.5) is 5.82 Å². The van der Waals surface area contributed by atoms with Crippen molar-refractivity contribution in [2.45, 2.75) is 45.2 Å². The quantitative estimate of drug-likeness (QED) is 0.815. The SMILES string of the molecule is CC[C@@H]1CC[C@@H](C)N1c1ccc(Br)cn1. The van der Waals surface area contributed by atoms with Crippen LogP contribution in [0.5, 0.6) is 0 Å². The van der Waals surface area contributed by atoms with Crippen LogP contribution in [0.1, 0.15) is 33.1 Å². The third-order valence-electron chi connectivity index (χ3n) is 3.23. The Morgan fingerprint density at radius 3 is 2.87 bits per heavy atom. The third-order valence-corrected chi connectivity index (χ3v) is 3.70. The maximum atomic E-state index is 4.49. The average molecular weight is 269 g/mol. The maximum Gasteiger partial charge on any atom is 0.129 e. The number of halogens is 1. The van der Waals surface area contributed by atoms with Gasteiger partial charge in [-0.2, -0.15) is 0 Å². The van der Waals surface area contributed by atoms with Gasteiger partial charge in [0.1, 0.15) is 5.82 Å². The second-order valence-corrected chi connectivity index (χ2v) is 5.15. The summed E-state index contributed by atoms with van der Waals surface area (Å²) in [5, 5.41) is 0. The van der Waals surface area contributed by atoms with Crippen molar-refractivity contribution in [1.82, 2.24) is 4.98 Å². The van der Waals surface area contributed by atoms with E-state index in [0.717, 1.165) is 10.3 Å². The number of pyridine rings is 1. The van der Waals surface area contributed by atoms with E-state index in [1.54, 1.807) is 0 Å². The van der Waals surface area contributed by atoms with E-state index in [4.69, 9.17) is 0 Å². The molecule has 0 radical (unpaired) electrons. The molecular formula is C12H17BrN2. The Morgan fingerprint density at radius 1 is 1.47 bits per heavy atom. The first-order chi connectivity index (χ1) is 7.22. The van der Waals surface area contributed by atoms with Crippen molar-refractivity contribution >= 4 is 21.7 Å².